The fourth-order valence-electron chi connectivity index (χ4n) is 4.32. The maximum atomic E-state index is 12.8. The van der Waals surface area contributed by atoms with Gasteiger partial charge in [-0.2, -0.15) is 0 Å². The van der Waals surface area contributed by atoms with Crippen LogP contribution in [0.1, 0.15) is 52.8 Å². The molecular weight excluding hydrogens is 424 g/mol. The van der Waals surface area contributed by atoms with E-state index < -0.39 is 18.6 Å². The molecule has 1 N–H and O–H groups in total. The van der Waals surface area contributed by atoms with Crippen LogP contribution in [-0.2, 0) is 14.3 Å². The molecule has 2 aromatic rings. The third-order valence-corrected chi connectivity index (χ3v) is 6.04. The van der Waals surface area contributed by atoms with Gasteiger partial charge in [-0.25, -0.2) is 9.69 Å². The molecule has 0 aromatic heterocycles. The quantitative estimate of drug-likeness (QED) is 0.375. The minimum Gasteiger partial charge on any atom is -0.496 e. The van der Waals surface area contributed by atoms with Crippen LogP contribution in [0.15, 0.2) is 48.5 Å². The van der Waals surface area contributed by atoms with E-state index in [-0.39, 0.29) is 35.6 Å². The topological polar surface area (TPSA) is 102 Å². The molecule has 1 unspecified atom stereocenters. The molecule has 172 valence electrons. The molecule has 0 bridgehead atoms. The van der Waals surface area contributed by atoms with Crippen molar-refractivity contribution in [1.29, 1.82) is 0 Å². The summed E-state index contributed by atoms with van der Waals surface area (Å²) in [5.41, 5.74) is 0.948. The lowest BCUT2D eigenvalue weighted by atomic mass is 10.1. The summed E-state index contributed by atoms with van der Waals surface area (Å²) in [5.74, 6) is -1.20. The Kier molecular flexibility index (Phi) is 6.84. The number of nitrogens with zero attached hydrogens (tertiary/aromatic N) is 1. The van der Waals surface area contributed by atoms with E-state index in [4.69, 9.17) is 9.47 Å². The second-order valence-electron chi connectivity index (χ2n) is 8.22. The summed E-state index contributed by atoms with van der Waals surface area (Å²) in [7, 11) is 1.46. The number of ether oxygens (including phenoxy) is 2. The fourth-order valence-corrected chi connectivity index (χ4v) is 4.32. The standard InChI is InChI=1S/C25H26N2O6/c1-32-22-9-5-4-8-19(22)21(28)15-33-25(31)16-10-12-18(13-11-16)27-23(29)14-20(24(27)30)26-17-6-2-3-7-17/h4-5,8-13,17,20,26H,2-3,6-7,14-15H2,1H3. The number of carbonyl (C=O) groups is 4. The second-order valence-corrected chi connectivity index (χ2v) is 8.22. The van der Waals surface area contributed by atoms with Crippen molar-refractivity contribution < 1.29 is 28.7 Å². The van der Waals surface area contributed by atoms with E-state index in [2.05, 4.69) is 5.32 Å². The van der Waals surface area contributed by atoms with Crippen molar-refractivity contribution in [3.63, 3.8) is 0 Å². The number of Topliss-reactive ketones (excluding diaryl/α,β-unsaturated/α-hetero) is 1. The van der Waals surface area contributed by atoms with Gasteiger partial charge in [-0.3, -0.25) is 14.4 Å². The summed E-state index contributed by atoms with van der Waals surface area (Å²) in [4.78, 5) is 51.2. The molecule has 33 heavy (non-hydrogen) atoms. The van der Waals surface area contributed by atoms with Crippen molar-refractivity contribution in [2.24, 2.45) is 0 Å². The zero-order valence-corrected chi connectivity index (χ0v) is 18.4. The van der Waals surface area contributed by atoms with Crippen LogP contribution in [-0.4, -0.2) is 49.4 Å². The van der Waals surface area contributed by atoms with Gasteiger partial charge in [0.2, 0.25) is 11.7 Å². The first-order valence-electron chi connectivity index (χ1n) is 11.0. The number of nitrogens with one attached hydrogen (secondary N) is 1. The van der Waals surface area contributed by atoms with Gasteiger partial charge in [0.05, 0.1) is 36.4 Å². The van der Waals surface area contributed by atoms with Crippen molar-refractivity contribution >= 4 is 29.3 Å². The predicted octanol–water partition coefficient (Wildman–Crippen LogP) is 2.90. The first kappa shape index (κ1) is 22.7. The number of para-hydroxylation sites is 1. The average molecular weight is 450 g/mol. The summed E-state index contributed by atoms with van der Waals surface area (Å²) < 4.78 is 10.3. The first-order chi connectivity index (χ1) is 16.0. The van der Waals surface area contributed by atoms with Crippen LogP contribution in [0, 0.1) is 0 Å². The van der Waals surface area contributed by atoms with Crippen LogP contribution >= 0.6 is 0 Å². The van der Waals surface area contributed by atoms with Crippen LogP contribution in [0.4, 0.5) is 5.69 Å². The lowest BCUT2D eigenvalue weighted by Gasteiger charge is -2.18. The largest absolute Gasteiger partial charge is 0.496 e. The highest BCUT2D eigenvalue weighted by molar-refractivity contribution is 6.22. The molecule has 2 aliphatic rings. The van der Waals surface area contributed by atoms with Crippen LogP contribution in [0.25, 0.3) is 0 Å². The molecule has 1 atom stereocenters. The number of hydrogen-bond acceptors (Lipinski definition) is 7. The molecule has 2 fully saturated rings. The number of benzene rings is 2. The van der Waals surface area contributed by atoms with Gasteiger partial charge in [-0.15, -0.1) is 0 Å². The number of hydrogen-bond donors (Lipinski definition) is 1. The Morgan fingerprint density at radius 3 is 2.42 bits per heavy atom. The monoisotopic (exact) mass is 450 g/mol. The molecule has 0 radical (unpaired) electrons. The number of ketones is 1. The Labute approximate surface area is 191 Å². The Bertz CT molecular complexity index is 1060. The van der Waals surface area contributed by atoms with Gasteiger partial charge in [0.25, 0.3) is 5.91 Å². The van der Waals surface area contributed by atoms with Crippen molar-refractivity contribution in [1.82, 2.24) is 5.32 Å². The highest BCUT2D eigenvalue weighted by atomic mass is 16.5. The van der Waals surface area contributed by atoms with Gasteiger partial charge in [-0.1, -0.05) is 25.0 Å². The van der Waals surface area contributed by atoms with E-state index in [9.17, 15) is 19.2 Å². The molecule has 1 saturated heterocycles. The molecule has 8 heteroatoms. The van der Waals surface area contributed by atoms with E-state index in [1.807, 2.05) is 0 Å². The van der Waals surface area contributed by atoms with Gasteiger partial charge in [0, 0.05) is 6.04 Å². The third-order valence-electron chi connectivity index (χ3n) is 6.04. The van der Waals surface area contributed by atoms with Gasteiger partial charge >= 0.3 is 5.97 Å². The summed E-state index contributed by atoms with van der Waals surface area (Å²) in [6.07, 6.45) is 4.45. The van der Waals surface area contributed by atoms with Crippen LogP contribution in [0.2, 0.25) is 0 Å². The molecule has 1 aliphatic heterocycles. The Morgan fingerprint density at radius 1 is 1.03 bits per heavy atom. The SMILES string of the molecule is COc1ccccc1C(=O)COC(=O)c1ccc(N2C(=O)CC(NC3CCCC3)C2=O)cc1. The number of rotatable bonds is 8. The highest BCUT2D eigenvalue weighted by Gasteiger charge is 2.40. The van der Waals surface area contributed by atoms with E-state index in [0.717, 1.165) is 30.6 Å². The van der Waals surface area contributed by atoms with E-state index in [1.54, 1.807) is 24.3 Å². The van der Waals surface area contributed by atoms with Gasteiger partial charge in [0.15, 0.2) is 6.61 Å². The molecule has 1 heterocycles. The van der Waals surface area contributed by atoms with Crippen LogP contribution in [0.5, 0.6) is 5.75 Å². The molecule has 2 aromatic carbocycles. The van der Waals surface area contributed by atoms with Crippen LogP contribution < -0.4 is 15.0 Å². The summed E-state index contributed by atoms with van der Waals surface area (Å²) >= 11 is 0. The maximum Gasteiger partial charge on any atom is 0.338 e. The number of imide groups is 1. The van der Waals surface area contributed by atoms with Gasteiger partial charge < -0.3 is 14.8 Å². The first-order valence-corrected chi connectivity index (χ1v) is 11.0. The molecule has 8 nitrogen and oxygen atoms in total. The maximum absolute atomic E-state index is 12.8. The molecular formula is C25H26N2O6. The zero-order chi connectivity index (χ0) is 23.4. The molecule has 4 rings (SSSR count). The minimum absolute atomic E-state index is 0.129. The third kappa shape index (κ3) is 4.96. The number of carbonyl (C=O) groups excluding carboxylic acids is 4. The highest BCUT2D eigenvalue weighted by Crippen LogP contribution is 2.26. The van der Waals surface area contributed by atoms with Gasteiger partial charge in [-0.05, 0) is 49.2 Å². The van der Waals surface area contributed by atoms with Crippen molar-refractivity contribution in [2.75, 3.05) is 18.6 Å². The molecule has 1 saturated carbocycles. The predicted molar refractivity (Wildman–Crippen MR) is 120 cm³/mol. The Balaban J connectivity index is 1.36. The lowest BCUT2D eigenvalue weighted by molar-refractivity contribution is -0.121. The molecule has 2 amide bonds. The average Bonchev–Trinajstić information content (AvgIpc) is 3.45. The number of amides is 2. The van der Waals surface area contributed by atoms with E-state index >= 15 is 0 Å². The summed E-state index contributed by atoms with van der Waals surface area (Å²) in [6.45, 7) is -0.432. The Hall–Kier alpha value is -3.52. The van der Waals surface area contributed by atoms with E-state index in [1.165, 1.54) is 31.4 Å². The number of esters is 1. The molecule has 0 spiro atoms. The normalized spacial score (nSPS) is 18.6. The lowest BCUT2D eigenvalue weighted by Crippen LogP contribution is -2.42. The fraction of sp³-hybridized carbons (Fsp3) is 0.360. The number of anilines is 1. The molecule has 1 aliphatic carbocycles. The smallest absolute Gasteiger partial charge is 0.338 e. The number of methoxy groups -OCH3 is 1. The van der Waals surface area contributed by atoms with Crippen molar-refractivity contribution in [3.8, 4) is 5.75 Å². The zero-order valence-electron chi connectivity index (χ0n) is 18.4. The summed E-state index contributed by atoms with van der Waals surface area (Å²) in [5, 5.41) is 3.31. The summed E-state index contributed by atoms with van der Waals surface area (Å²) in [6, 6.07) is 12.5. The minimum atomic E-state index is -0.676. The van der Waals surface area contributed by atoms with E-state index in [0.29, 0.717) is 17.0 Å². The second kappa shape index (κ2) is 9.95. The Morgan fingerprint density at radius 2 is 1.73 bits per heavy atom. The van der Waals surface area contributed by atoms with Crippen molar-refractivity contribution in [3.05, 3.63) is 59.7 Å². The van der Waals surface area contributed by atoms with Gasteiger partial charge in [0.1, 0.15) is 5.75 Å². The van der Waals surface area contributed by atoms with Crippen molar-refractivity contribution in [2.45, 2.75) is 44.2 Å². The van der Waals surface area contributed by atoms with Crippen LogP contribution in [0.3, 0.4) is 0 Å².